The lowest BCUT2D eigenvalue weighted by atomic mass is 9.82. The topological polar surface area (TPSA) is 210 Å². The van der Waals surface area contributed by atoms with E-state index < -0.39 is 68.1 Å². The van der Waals surface area contributed by atoms with Crippen LogP contribution < -0.4 is 10.2 Å². The Kier molecular flexibility index (Phi) is 13.8. The molecule has 0 aliphatic carbocycles. The number of allylic oxidation sites excluding steroid dienone is 3. The highest BCUT2D eigenvalue weighted by molar-refractivity contribution is 6.71. The summed E-state index contributed by atoms with van der Waals surface area (Å²) in [6, 6.07) is 14.2. The number of aliphatic hydroxyl groups is 5. The maximum absolute atomic E-state index is 15.0. The zero-order valence-corrected chi connectivity index (χ0v) is 34.0. The molecule has 2 saturated heterocycles. The molecule has 2 aromatic carbocycles. The fraction of sp³-hybridized carbons (Fsp3) is 0.537. The minimum absolute atomic E-state index is 0.0794. The summed E-state index contributed by atoms with van der Waals surface area (Å²) >= 11 is 0. The number of fused-ring (bicyclic) bond motifs is 2. The standard InChI is InChI=1S/C41H57N3O11Si/c1-24(2)11-10-12-25(3)17-18-44-30-16-15-28(42-38(50)36-34(48)33(47)35(49)39(51)54-36)21-29(30)41(40(44)52)26(4)37(56(5,6)53)31(55-41)22-32(46)43(19-20-45)23-27-13-8-7-9-14-27/h7-9,11,13-17,21,26,31,33-37,39,45,47-49,51,53H,10,12,18-20,22-23H2,1-6H3,(H,42,50)/b25-17+/t26-,31+,33+,34+,35-,36+,37-,39-,41+/m1/s1. The molecule has 0 radical (unpaired) electrons. The van der Waals surface area contributed by atoms with Gasteiger partial charge in [0.25, 0.3) is 11.8 Å². The first-order chi connectivity index (χ1) is 26.4. The molecule has 3 amide bonds. The van der Waals surface area contributed by atoms with Crippen molar-refractivity contribution < 1.29 is 54.2 Å². The summed E-state index contributed by atoms with van der Waals surface area (Å²) < 4.78 is 12.0. The van der Waals surface area contributed by atoms with Gasteiger partial charge >= 0.3 is 0 Å². The average molecular weight is 796 g/mol. The molecular weight excluding hydrogens is 739 g/mol. The molecule has 0 aromatic heterocycles. The molecule has 0 saturated carbocycles. The van der Waals surface area contributed by atoms with E-state index in [0.29, 0.717) is 11.3 Å². The van der Waals surface area contributed by atoms with Crippen LogP contribution in [0.15, 0.2) is 71.8 Å². The molecule has 7 N–H and O–H groups in total. The van der Waals surface area contributed by atoms with Gasteiger partial charge in [0.2, 0.25) is 5.91 Å². The van der Waals surface area contributed by atoms with Crippen molar-refractivity contribution in [2.24, 2.45) is 5.92 Å². The fourth-order valence-electron chi connectivity index (χ4n) is 8.28. The molecule has 0 unspecified atom stereocenters. The summed E-state index contributed by atoms with van der Waals surface area (Å²) in [6.45, 7) is 11.7. The third-order valence-electron chi connectivity index (χ3n) is 11.1. The van der Waals surface area contributed by atoms with Crippen molar-refractivity contribution >= 4 is 37.4 Å². The van der Waals surface area contributed by atoms with Crippen LogP contribution in [0.1, 0.15) is 58.1 Å². The summed E-state index contributed by atoms with van der Waals surface area (Å²) in [5.41, 5.74) is 2.04. The Morgan fingerprint density at radius 3 is 2.34 bits per heavy atom. The Balaban J connectivity index is 1.52. The quantitative estimate of drug-likeness (QED) is 0.109. The van der Waals surface area contributed by atoms with Crippen LogP contribution in [0.25, 0.3) is 0 Å². The minimum Gasteiger partial charge on any atom is -0.432 e. The molecule has 5 rings (SSSR count). The van der Waals surface area contributed by atoms with E-state index in [1.165, 1.54) is 5.57 Å². The fourth-order valence-corrected chi connectivity index (χ4v) is 10.8. The smallest absolute Gasteiger partial charge is 0.264 e. The summed E-state index contributed by atoms with van der Waals surface area (Å²) in [5, 5.41) is 53.1. The summed E-state index contributed by atoms with van der Waals surface area (Å²) in [4.78, 5) is 57.3. The molecule has 0 bridgehead atoms. The zero-order valence-electron chi connectivity index (χ0n) is 33.0. The van der Waals surface area contributed by atoms with E-state index in [1.54, 1.807) is 41.1 Å². The van der Waals surface area contributed by atoms with Crippen molar-refractivity contribution in [2.75, 3.05) is 29.9 Å². The van der Waals surface area contributed by atoms with Crippen molar-refractivity contribution in [1.29, 1.82) is 0 Å². The first-order valence-corrected chi connectivity index (χ1v) is 22.2. The van der Waals surface area contributed by atoms with E-state index in [4.69, 9.17) is 9.47 Å². The van der Waals surface area contributed by atoms with Gasteiger partial charge in [0.05, 0.1) is 24.8 Å². The number of carbonyl (C=O) groups excluding carboxylic acids is 3. The molecule has 306 valence electrons. The first-order valence-electron chi connectivity index (χ1n) is 19.2. The molecule has 14 nitrogen and oxygen atoms in total. The Morgan fingerprint density at radius 2 is 1.70 bits per heavy atom. The van der Waals surface area contributed by atoms with Gasteiger partial charge in [-0.05, 0) is 70.5 Å². The molecular formula is C41H57N3O11Si. The van der Waals surface area contributed by atoms with Crippen molar-refractivity contribution in [1.82, 2.24) is 4.90 Å². The Hall–Kier alpha value is -3.77. The zero-order chi connectivity index (χ0) is 41.1. The number of nitrogens with one attached hydrogen (secondary N) is 1. The number of hydrogen-bond acceptors (Lipinski definition) is 11. The Morgan fingerprint density at radius 1 is 1.00 bits per heavy atom. The van der Waals surface area contributed by atoms with Gasteiger partial charge in [-0.25, -0.2) is 0 Å². The second-order valence-electron chi connectivity index (χ2n) is 16.0. The number of carbonyl (C=O) groups is 3. The van der Waals surface area contributed by atoms with Gasteiger partial charge in [-0.1, -0.05) is 60.6 Å². The predicted octanol–water partition coefficient (Wildman–Crippen LogP) is 2.67. The number of anilines is 2. The van der Waals surface area contributed by atoms with Gasteiger partial charge in [0, 0.05) is 42.3 Å². The van der Waals surface area contributed by atoms with Crippen molar-refractivity contribution in [3.05, 3.63) is 83.0 Å². The van der Waals surface area contributed by atoms with Crippen molar-refractivity contribution in [2.45, 2.75) is 115 Å². The number of amides is 3. The van der Waals surface area contributed by atoms with Gasteiger partial charge < -0.3 is 54.9 Å². The molecule has 56 heavy (non-hydrogen) atoms. The van der Waals surface area contributed by atoms with Crippen molar-refractivity contribution in [3.8, 4) is 0 Å². The molecule has 3 aliphatic rings. The number of nitrogens with zero attached hydrogens (tertiary/aromatic N) is 2. The molecule has 2 aromatic rings. The Bertz CT molecular complexity index is 1800. The van der Waals surface area contributed by atoms with E-state index in [-0.39, 0.29) is 50.2 Å². The lowest BCUT2D eigenvalue weighted by Crippen LogP contribution is -2.60. The van der Waals surface area contributed by atoms with Gasteiger partial charge in [0.1, 0.15) is 18.3 Å². The second-order valence-corrected chi connectivity index (χ2v) is 20.0. The van der Waals surface area contributed by atoms with Crippen LogP contribution in [-0.4, -0.2) is 118 Å². The third kappa shape index (κ3) is 9.01. The SMILES string of the molecule is CC(C)=CCC/C(C)=C/CN1C(=O)[C@@]2(O[C@@H](CC(=O)N(CCO)Cc3ccccc3)[C@H]([Si](C)(C)O)[C@H]2C)c2cc(NC(=O)[C@H]3O[C@@H](O)[C@H](O)[C@@H](O)[C@@H]3O)ccc21. The van der Waals surface area contributed by atoms with Gasteiger partial charge in [-0.15, -0.1) is 0 Å². The van der Waals surface area contributed by atoms with Crippen molar-refractivity contribution in [3.63, 3.8) is 0 Å². The van der Waals surface area contributed by atoms with E-state index >= 15 is 0 Å². The summed E-state index contributed by atoms with van der Waals surface area (Å²) in [7, 11) is -3.18. The highest BCUT2D eigenvalue weighted by atomic mass is 28.4. The lowest BCUT2D eigenvalue weighted by molar-refractivity contribution is -0.274. The number of aliphatic hydroxyl groups excluding tert-OH is 5. The molecule has 15 heteroatoms. The molecule has 3 aliphatic heterocycles. The van der Waals surface area contributed by atoms with E-state index in [9.17, 15) is 44.7 Å². The number of ether oxygens (including phenoxy) is 2. The number of benzene rings is 2. The summed E-state index contributed by atoms with van der Waals surface area (Å²) in [6.07, 6.45) is -4.43. The van der Waals surface area contributed by atoms with Gasteiger partial charge in [0.15, 0.2) is 26.3 Å². The van der Waals surface area contributed by atoms with Crippen LogP contribution in [-0.2, 0) is 36.0 Å². The maximum Gasteiger partial charge on any atom is 0.264 e. The Labute approximate surface area is 329 Å². The lowest BCUT2D eigenvalue weighted by Gasteiger charge is -2.37. The molecule has 3 heterocycles. The highest BCUT2D eigenvalue weighted by Crippen LogP contribution is 2.60. The van der Waals surface area contributed by atoms with E-state index in [0.717, 1.165) is 24.0 Å². The van der Waals surface area contributed by atoms with E-state index in [1.807, 2.05) is 64.1 Å². The predicted molar refractivity (Wildman–Crippen MR) is 211 cm³/mol. The molecule has 1 spiro atoms. The van der Waals surface area contributed by atoms with Crippen LogP contribution >= 0.6 is 0 Å². The second kappa shape index (κ2) is 17.8. The van der Waals surface area contributed by atoms with E-state index in [2.05, 4.69) is 11.4 Å². The summed E-state index contributed by atoms with van der Waals surface area (Å²) in [5.74, 6) is -2.23. The maximum atomic E-state index is 15.0. The van der Waals surface area contributed by atoms with Gasteiger partial charge in [-0.3, -0.25) is 14.4 Å². The van der Waals surface area contributed by atoms with Crippen LogP contribution in [0, 0.1) is 5.92 Å². The monoisotopic (exact) mass is 795 g/mol. The highest BCUT2D eigenvalue weighted by Gasteiger charge is 2.66. The number of hydrogen-bond donors (Lipinski definition) is 7. The normalized spacial score (nSPS) is 29.0. The van der Waals surface area contributed by atoms with Crippen LogP contribution in [0.4, 0.5) is 11.4 Å². The number of rotatable bonds is 14. The van der Waals surface area contributed by atoms with Gasteiger partial charge in [-0.2, -0.15) is 0 Å². The minimum atomic E-state index is -3.18. The third-order valence-corrected chi connectivity index (χ3v) is 13.6. The largest absolute Gasteiger partial charge is 0.432 e. The van der Waals surface area contributed by atoms with Crippen LogP contribution in [0.3, 0.4) is 0 Å². The van der Waals surface area contributed by atoms with Crippen LogP contribution in [0.5, 0.6) is 0 Å². The average Bonchev–Trinajstić information content (AvgIpc) is 3.56. The molecule has 2 fully saturated rings. The van der Waals surface area contributed by atoms with Crippen LogP contribution in [0.2, 0.25) is 18.6 Å². The first kappa shape index (κ1) is 43.4. The molecule has 9 atom stereocenters.